The molecular formula is C20H23ClN2O2. The molecule has 0 atom stereocenters. The number of nitrogens with one attached hydrogen (secondary N) is 1. The molecule has 0 saturated heterocycles. The highest BCUT2D eigenvalue weighted by molar-refractivity contribution is 6.31. The van der Waals surface area contributed by atoms with Crippen molar-refractivity contribution in [3.8, 4) is 0 Å². The Bertz CT molecular complexity index is 774. The zero-order valence-electron chi connectivity index (χ0n) is 14.8. The number of aryl methyl sites for hydroxylation is 1. The maximum absolute atomic E-state index is 12.1. The van der Waals surface area contributed by atoms with Gasteiger partial charge in [-0.3, -0.25) is 9.59 Å². The quantitative estimate of drug-likeness (QED) is 0.848. The molecule has 4 nitrogen and oxygen atoms in total. The van der Waals surface area contributed by atoms with Gasteiger partial charge in [-0.25, -0.2) is 0 Å². The van der Waals surface area contributed by atoms with Crippen molar-refractivity contribution in [3.05, 3.63) is 64.2 Å². The van der Waals surface area contributed by atoms with Gasteiger partial charge in [-0.2, -0.15) is 0 Å². The first-order chi connectivity index (χ1) is 11.9. The number of nitrogens with zero attached hydrogens (tertiary/aromatic N) is 1. The molecule has 25 heavy (non-hydrogen) atoms. The van der Waals surface area contributed by atoms with Gasteiger partial charge in [0.2, 0.25) is 11.8 Å². The summed E-state index contributed by atoms with van der Waals surface area (Å²) in [4.78, 5) is 25.7. The number of anilines is 1. The van der Waals surface area contributed by atoms with Crippen molar-refractivity contribution in [2.75, 3.05) is 11.4 Å². The molecule has 0 radical (unpaired) electrons. The molecule has 0 saturated carbocycles. The lowest BCUT2D eigenvalue weighted by Crippen LogP contribution is -2.34. The molecule has 0 spiro atoms. The van der Waals surface area contributed by atoms with Crippen molar-refractivity contribution >= 4 is 29.1 Å². The van der Waals surface area contributed by atoms with Crippen LogP contribution >= 0.6 is 11.6 Å². The Labute approximate surface area is 153 Å². The van der Waals surface area contributed by atoms with Crippen LogP contribution in [0.25, 0.3) is 0 Å². The number of rotatable bonds is 6. The zero-order chi connectivity index (χ0) is 18.4. The van der Waals surface area contributed by atoms with Crippen LogP contribution in [-0.4, -0.2) is 18.4 Å². The van der Waals surface area contributed by atoms with Crippen molar-refractivity contribution in [3.63, 3.8) is 0 Å². The standard InChI is InChI=1S/C20H23ClN2O2/c1-14-6-4-7-17(12-14)13-22-20(25)10-11-23(16(3)24)19-9-5-8-18(21)15(19)2/h4-9,12H,10-11,13H2,1-3H3,(H,22,25). The molecule has 0 aliphatic rings. The van der Waals surface area contributed by atoms with E-state index in [0.717, 1.165) is 22.4 Å². The van der Waals surface area contributed by atoms with Crippen LogP contribution in [0.5, 0.6) is 0 Å². The zero-order valence-corrected chi connectivity index (χ0v) is 15.6. The Morgan fingerprint density at radius 2 is 1.84 bits per heavy atom. The van der Waals surface area contributed by atoms with Crippen molar-refractivity contribution in [2.24, 2.45) is 0 Å². The second-order valence-electron chi connectivity index (χ2n) is 6.07. The molecule has 2 aromatic carbocycles. The van der Waals surface area contributed by atoms with Crippen molar-refractivity contribution in [2.45, 2.75) is 33.7 Å². The molecule has 0 heterocycles. The molecule has 0 fully saturated rings. The Kier molecular flexibility index (Phi) is 6.59. The average Bonchev–Trinajstić information content (AvgIpc) is 2.56. The molecule has 2 aromatic rings. The van der Waals surface area contributed by atoms with Crippen molar-refractivity contribution in [1.82, 2.24) is 5.32 Å². The van der Waals surface area contributed by atoms with Crippen LogP contribution in [0.3, 0.4) is 0 Å². The second kappa shape index (κ2) is 8.67. The summed E-state index contributed by atoms with van der Waals surface area (Å²) in [5.74, 6) is -0.204. The van der Waals surface area contributed by atoms with Gasteiger partial charge in [0.25, 0.3) is 0 Å². The summed E-state index contributed by atoms with van der Waals surface area (Å²) in [6.07, 6.45) is 0.233. The van der Waals surface area contributed by atoms with Crippen molar-refractivity contribution in [1.29, 1.82) is 0 Å². The van der Waals surface area contributed by atoms with E-state index in [1.165, 1.54) is 6.92 Å². The Morgan fingerprint density at radius 1 is 1.12 bits per heavy atom. The summed E-state index contributed by atoms with van der Waals surface area (Å²) in [5.41, 5.74) is 3.79. The minimum Gasteiger partial charge on any atom is -0.352 e. The fourth-order valence-electron chi connectivity index (χ4n) is 2.66. The van der Waals surface area contributed by atoms with Gasteiger partial charge in [0, 0.05) is 37.1 Å². The van der Waals surface area contributed by atoms with Crippen molar-refractivity contribution < 1.29 is 9.59 Å². The lowest BCUT2D eigenvalue weighted by atomic mass is 10.1. The summed E-state index contributed by atoms with van der Waals surface area (Å²) >= 11 is 6.14. The molecular weight excluding hydrogens is 336 g/mol. The molecule has 0 aromatic heterocycles. The normalized spacial score (nSPS) is 10.4. The summed E-state index contributed by atoms with van der Waals surface area (Å²) in [6.45, 7) is 6.17. The molecule has 0 aliphatic heterocycles. The fraction of sp³-hybridized carbons (Fsp3) is 0.300. The Hall–Kier alpha value is -2.33. The number of carbonyl (C=O) groups excluding carboxylic acids is 2. The number of hydrogen-bond donors (Lipinski definition) is 1. The molecule has 132 valence electrons. The fourth-order valence-corrected chi connectivity index (χ4v) is 2.83. The van der Waals surface area contributed by atoms with E-state index in [4.69, 9.17) is 11.6 Å². The van der Waals surface area contributed by atoms with E-state index >= 15 is 0 Å². The summed E-state index contributed by atoms with van der Waals surface area (Å²) in [6, 6.07) is 13.4. The van der Waals surface area contributed by atoms with Gasteiger partial charge in [0.15, 0.2) is 0 Å². The smallest absolute Gasteiger partial charge is 0.223 e. The third-order valence-corrected chi connectivity index (χ3v) is 4.45. The molecule has 0 bridgehead atoms. The van der Waals surface area contributed by atoms with Gasteiger partial charge in [-0.1, -0.05) is 47.5 Å². The third-order valence-electron chi connectivity index (χ3n) is 4.04. The highest BCUT2D eigenvalue weighted by Gasteiger charge is 2.16. The van der Waals surface area contributed by atoms with E-state index < -0.39 is 0 Å². The topological polar surface area (TPSA) is 49.4 Å². The minimum atomic E-state index is -0.114. The van der Waals surface area contributed by atoms with Gasteiger partial charge >= 0.3 is 0 Å². The minimum absolute atomic E-state index is 0.0903. The maximum Gasteiger partial charge on any atom is 0.223 e. The largest absolute Gasteiger partial charge is 0.352 e. The lowest BCUT2D eigenvalue weighted by Gasteiger charge is -2.23. The lowest BCUT2D eigenvalue weighted by molar-refractivity contribution is -0.121. The van der Waals surface area contributed by atoms with E-state index in [1.54, 1.807) is 17.0 Å². The monoisotopic (exact) mass is 358 g/mol. The van der Waals surface area contributed by atoms with Crippen LogP contribution in [0.4, 0.5) is 5.69 Å². The highest BCUT2D eigenvalue weighted by Crippen LogP contribution is 2.26. The average molecular weight is 359 g/mol. The predicted octanol–water partition coefficient (Wildman–Crippen LogP) is 4.02. The first-order valence-electron chi connectivity index (χ1n) is 8.24. The maximum atomic E-state index is 12.1. The highest BCUT2D eigenvalue weighted by atomic mass is 35.5. The first kappa shape index (κ1) is 19.0. The third kappa shape index (κ3) is 5.33. The second-order valence-corrected chi connectivity index (χ2v) is 6.48. The van der Waals surface area contributed by atoms with Crippen LogP contribution in [0.1, 0.15) is 30.0 Å². The molecule has 2 amide bonds. The van der Waals surface area contributed by atoms with Gasteiger partial charge in [0.05, 0.1) is 0 Å². The molecule has 1 N–H and O–H groups in total. The van der Waals surface area contributed by atoms with Crippen LogP contribution in [0.2, 0.25) is 5.02 Å². The van der Waals surface area contributed by atoms with Crippen LogP contribution in [0, 0.1) is 13.8 Å². The first-order valence-corrected chi connectivity index (χ1v) is 8.61. The van der Waals surface area contributed by atoms with Gasteiger partial charge in [0.1, 0.15) is 0 Å². The van der Waals surface area contributed by atoms with Crippen LogP contribution in [-0.2, 0) is 16.1 Å². The molecule has 5 heteroatoms. The molecule has 0 unspecified atom stereocenters. The van der Waals surface area contributed by atoms with Gasteiger partial charge in [-0.15, -0.1) is 0 Å². The summed E-state index contributed by atoms with van der Waals surface area (Å²) in [7, 11) is 0. The van der Waals surface area contributed by atoms with E-state index in [1.807, 2.05) is 44.2 Å². The molecule has 2 rings (SSSR count). The number of benzene rings is 2. The Morgan fingerprint density at radius 3 is 2.52 bits per heavy atom. The number of amides is 2. The van der Waals surface area contributed by atoms with E-state index in [2.05, 4.69) is 5.32 Å². The summed E-state index contributed by atoms with van der Waals surface area (Å²) < 4.78 is 0. The van der Waals surface area contributed by atoms with E-state index in [-0.39, 0.29) is 18.2 Å². The van der Waals surface area contributed by atoms with E-state index in [9.17, 15) is 9.59 Å². The number of halogens is 1. The predicted molar refractivity (Wildman–Crippen MR) is 102 cm³/mol. The Balaban J connectivity index is 1.95. The number of carbonyl (C=O) groups is 2. The van der Waals surface area contributed by atoms with Gasteiger partial charge < -0.3 is 10.2 Å². The van der Waals surface area contributed by atoms with Gasteiger partial charge in [-0.05, 0) is 37.1 Å². The summed E-state index contributed by atoms with van der Waals surface area (Å²) in [5, 5.41) is 3.50. The van der Waals surface area contributed by atoms with E-state index in [0.29, 0.717) is 18.1 Å². The molecule has 0 aliphatic carbocycles. The number of hydrogen-bond acceptors (Lipinski definition) is 2. The SMILES string of the molecule is CC(=O)N(CCC(=O)NCc1cccc(C)c1)c1cccc(Cl)c1C. The van der Waals surface area contributed by atoms with Crippen LogP contribution < -0.4 is 10.2 Å². The van der Waals surface area contributed by atoms with Crippen LogP contribution in [0.15, 0.2) is 42.5 Å².